The van der Waals surface area contributed by atoms with Gasteiger partial charge in [-0.15, -0.1) is 11.3 Å². The van der Waals surface area contributed by atoms with Crippen LogP contribution in [-0.4, -0.2) is 6.71 Å². The second-order valence-corrected chi connectivity index (χ2v) is 26.8. The summed E-state index contributed by atoms with van der Waals surface area (Å²) >= 11 is 2.08. The van der Waals surface area contributed by atoms with Gasteiger partial charge in [0.25, 0.3) is 6.71 Å². The highest BCUT2D eigenvalue weighted by molar-refractivity contribution is 7.33. The maximum absolute atomic E-state index is 6.32. The molecule has 348 valence electrons. The summed E-state index contributed by atoms with van der Waals surface area (Å²) in [7, 11) is 0. The van der Waals surface area contributed by atoms with E-state index in [1.807, 2.05) is 0 Å². The Morgan fingerprint density at radius 3 is 1.82 bits per heavy atom. The van der Waals surface area contributed by atoms with Crippen molar-refractivity contribution in [1.29, 1.82) is 0 Å². The molecule has 0 unspecified atom stereocenters. The molecule has 2 aliphatic heterocycles. The lowest BCUT2D eigenvalue weighted by molar-refractivity contribution is 0.332. The van der Waals surface area contributed by atoms with E-state index >= 15 is 0 Å². The van der Waals surface area contributed by atoms with Crippen molar-refractivity contribution in [2.45, 2.75) is 174 Å². The maximum Gasteiger partial charge on any atom is 0.264 e. The van der Waals surface area contributed by atoms with E-state index in [0.717, 1.165) is 24.2 Å². The first kappa shape index (κ1) is 44.2. The first-order valence-corrected chi connectivity index (χ1v) is 26.7. The molecule has 0 spiro atoms. The second-order valence-electron chi connectivity index (χ2n) is 25.7. The van der Waals surface area contributed by atoms with Crippen molar-refractivity contribution in [2.75, 3.05) is 9.80 Å². The van der Waals surface area contributed by atoms with Crippen molar-refractivity contribution < 1.29 is 4.42 Å². The summed E-state index contributed by atoms with van der Waals surface area (Å²) in [6.45, 7) is 32.2. The van der Waals surface area contributed by atoms with Gasteiger partial charge in [0.05, 0.1) is 5.69 Å². The average Bonchev–Trinajstić information content (AvgIpc) is 3.88. The third kappa shape index (κ3) is 6.56. The fourth-order valence-electron chi connectivity index (χ4n) is 13.5. The summed E-state index contributed by atoms with van der Waals surface area (Å²) in [5.41, 5.74) is 21.5. The monoisotopic (exact) mass is 915 g/mol. The van der Waals surface area contributed by atoms with Crippen molar-refractivity contribution >= 4 is 83.2 Å². The maximum atomic E-state index is 6.32. The van der Waals surface area contributed by atoms with Crippen molar-refractivity contribution in [3.05, 3.63) is 142 Å². The minimum absolute atomic E-state index is 0.0765. The number of furan rings is 1. The van der Waals surface area contributed by atoms with Crippen LogP contribution in [0.5, 0.6) is 0 Å². The fraction of sp³-hybridized carbons (Fsp3) is 0.429. The number of thiophene rings is 1. The predicted octanol–water partition coefficient (Wildman–Crippen LogP) is 15.9. The molecule has 2 aromatic heterocycles. The lowest BCUT2D eigenvalue weighted by Gasteiger charge is -2.47. The Kier molecular flexibility index (Phi) is 9.45. The molecule has 3 aliphatic carbocycles. The van der Waals surface area contributed by atoms with E-state index in [2.05, 4.69) is 208 Å². The summed E-state index contributed by atoms with van der Waals surface area (Å²) < 4.78 is 9.22. The minimum Gasteiger partial charge on any atom is -0.461 e. The number of fused-ring (bicyclic) bond motifs is 10. The average molecular weight is 915 g/mol. The summed E-state index contributed by atoms with van der Waals surface area (Å²) in [6.07, 6.45) is 13.7. The van der Waals surface area contributed by atoms with Crippen molar-refractivity contribution in [3.63, 3.8) is 0 Å². The van der Waals surface area contributed by atoms with E-state index in [1.165, 1.54) is 132 Å². The molecule has 0 amide bonds. The van der Waals surface area contributed by atoms with Crippen LogP contribution >= 0.6 is 11.3 Å². The molecule has 12 rings (SSSR count). The molecule has 5 aromatic carbocycles. The van der Waals surface area contributed by atoms with E-state index in [-0.39, 0.29) is 39.2 Å². The van der Waals surface area contributed by atoms with Crippen LogP contribution in [0, 0.1) is 6.92 Å². The summed E-state index contributed by atoms with van der Waals surface area (Å²) in [5.74, 6) is 1.04. The molecule has 5 aliphatic rings. The quantitative estimate of drug-likeness (QED) is 0.160. The number of allylic oxidation sites excluding steroid dienone is 1. The molecular formula is C63H71BN2OS. The van der Waals surface area contributed by atoms with Crippen LogP contribution in [0.2, 0.25) is 0 Å². The van der Waals surface area contributed by atoms with Crippen LogP contribution in [0.3, 0.4) is 0 Å². The Labute approximate surface area is 411 Å². The third-order valence-electron chi connectivity index (χ3n) is 18.2. The number of rotatable bonds is 5. The van der Waals surface area contributed by atoms with Crippen molar-refractivity contribution in [3.8, 4) is 0 Å². The number of aryl methyl sites for hydroxylation is 2. The lowest BCUT2D eigenvalue weighted by Crippen LogP contribution is -2.61. The van der Waals surface area contributed by atoms with E-state index in [4.69, 9.17) is 4.42 Å². The molecule has 4 heterocycles. The lowest BCUT2D eigenvalue weighted by atomic mass is 9.35. The Morgan fingerprint density at radius 1 is 0.588 bits per heavy atom. The molecule has 0 saturated carbocycles. The normalized spacial score (nSPS) is 20.8. The SMILES string of the molecule is Cc1cc2c3c(c1)N(c1ccc4c(c1)C(C)(C)CCC4(C)C)c1c(sc4cc5c(cc14)C(C)(C)CCC5(C)C)B3c1cc3c(cc1N2/C=C/CCc1cc2ccccc2o1)C(C)(C)CCC3(C)C. The van der Waals surface area contributed by atoms with Gasteiger partial charge < -0.3 is 14.2 Å². The number of hydrogen-bond donors (Lipinski definition) is 0. The summed E-state index contributed by atoms with van der Waals surface area (Å²) in [4.78, 5) is 5.33. The van der Waals surface area contributed by atoms with Gasteiger partial charge in [-0.3, -0.25) is 0 Å². The van der Waals surface area contributed by atoms with Gasteiger partial charge in [-0.1, -0.05) is 119 Å². The fourth-order valence-corrected chi connectivity index (χ4v) is 14.8. The first-order chi connectivity index (χ1) is 32.0. The minimum atomic E-state index is 0.0765. The van der Waals surface area contributed by atoms with Crippen LogP contribution in [0.25, 0.3) is 21.1 Å². The highest BCUT2D eigenvalue weighted by Crippen LogP contribution is 2.55. The summed E-state index contributed by atoms with van der Waals surface area (Å²) in [6, 6.07) is 33.8. The van der Waals surface area contributed by atoms with Crippen molar-refractivity contribution in [1.82, 2.24) is 0 Å². The number of hydrogen-bond acceptors (Lipinski definition) is 4. The molecule has 0 N–H and O–H groups in total. The largest absolute Gasteiger partial charge is 0.461 e. The summed E-state index contributed by atoms with van der Waals surface area (Å²) in [5, 5.41) is 2.59. The van der Waals surface area contributed by atoms with Gasteiger partial charge in [-0.2, -0.15) is 0 Å². The predicted molar refractivity (Wildman–Crippen MR) is 294 cm³/mol. The zero-order valence-electron chi connectivity index (χ0n) is 43.2. The first-order valence-electron chi connectivity index (χ1n) is 25.9. The van der Waals surface area contributed by atoms with E-state index in [1.54, 1.807) is 5.56 Å². The Morgan fingerprint density at radius 2 is 1.16 bits per heavy atom. The Balaban J connectivity index is 1.13. The van der Waals surface area contributed by atoms with Gasteiger partial charge in [0, 0.05) is 55.6 Å². The topological polar surface area (TPSA) is 19.6 Å². The van der Waals surface area contributed by atoms with Crippen LogP contribution in [-0.2, 0) is 38.9 Å². The van der Waals surface area contributed by atoms with Gasteiger partial charge in [0.15, 0.2) is 0 Å². The standard InChI is InChI=1S/C63H71BN2OS/c1-38-30-51-55-52(31-38)66(40-21-22-43-44(33-40)59(4,5)24-23-58(43,2)3)56-42-34-45-48(63(12,13)28-25-60(45,6)7)37-54(42)68-57(56)64(55)49-35-46-47(62(10,11)27-26-61(46,8)9)36-50(49)65(51)29-17-16-19-41-32-39-18-14-15-20-53(39)67-41/h14-15,17-18,20-22,29-37H,16,19,23-28H2,1-13H3/b29-17+. The molecule has 7 aromatic rings. The van der Waals surface area contributed by atoms with Crippen LogP contribution in [0.15, 0.2) is 102 Å². The number of anilines is 5. The van der Waals surface area contributed by atoms with Gasteiger partial charge >= 0.3 is 0 Å². The van der Waals surface area contributed by atoms with Gasteiger partial charge in [0.2, 0.25) is 0 Å². The zero-order chi connectivity index (χ0) is 47.7. The molecule has 3 nitrogen and oxygen atoms in total. The zero-order valence-corrected chi connectivity index (χ0v) is 44.0. The van der Waals surface area contributed by atoms with Crippen LogP contribution < -0.4 is 25.5 Å². The molecule has 0 bridgehead atoms. The molecular weight excluding hydrogens is 844 g/mol. The molecule has 0 saturated heterocycles. The Bertz CT molecular complexity index is 3260. The second kappa shape index (κ2) is 14.5. The van der Waals surface area contributed by atoms with E-state index in [0.29, 0.717) is 0 Å². The van der Waals surface area contributed by atoms with Crippen molar-refractivity contribution in [2.24, 2.45) is 0 Å². The number of benzene rings is 5. The number of para-hydroxylation sites is 1. The van der Waals surface area contributed by atoms with Gasteiger partial charge in [-0.25, -0.2) is 0 Å². The highest BCUT2D eigenvalue weighted by atomic mass is 32.1. The third-order valence-corrected chi connectivity index (χ3v) is 19.4. The van der Waals surface area contributed by atoms with Gasteiger partial charge in [0.1, 0.15) is 11.3 Å². The molecule has 0 radical (unpaired) electrons. The van der Waals surface area contributed by atoms with Crippen LogP contribution in [0.1, 0.15) is 173 Å². The smallest absolute Gasteiger partial charge is 0.264 e. The highest BCUT2D eigenvalue weighted by Gasteiger charge is 2.49. The Hall–Kier alpha value is -5.00. The molecule has 0 atom stereocenters. The molecule has 68 heavy (non-hydrogen) atoms. The van der Waals surface area contributed by atoms with Gasteiger partial charge in [-0.05, 0) is 189 Å². The molecule has 0 fully saturated rings. The van der Waals surface area contributed by atoms with E-state index < -0.39 is 0 Å². The number of nitrogens with zero attached hydrogens (tertiary/aromatic N) is 2. The van der Waals surface area contributed by atoms with E-state index in [9.17, 15) is 0 Å². The molecule has 5 heteroatoms. The van der Waals surface area contributed by atoms with Crippen LogP contribution in [0.4, 0.5) is 28.4 Å².